The molecular weight excluding hydrogens is 362 g/mol. The summed E-state index contributed by atoms with van der Waals surface area (Å²) in [5.74, 6) is -1.14. The van der Waals surface area contributed by atoms with Crippen molar-refractivity contribution in [2.24, 2.45) is 4.99 Å². The summed E-state index contributed by atoms with van der Waals surface area (Å²) >= 11 is 0. The van der Waals surface area contributed by atoms with E-state index in [-0.39, 0.29) is 17.9 Å². The molecule has 10 heteroatoms. The third-order valence-electron chi connectivity index (χ3n) is 4.27. The summed E-state index contributed by atoms with van der Waals surface area (Å²) in [6, 6.07) is 3.80. The van der Waals surface area contributed by atoms with Crippen LogP contribution in [0, 0.1) is 11.6 Å². The van der Waals surface area contributed by atoms with Crippen molar-refractivity contribution in [1.29, 1.82) is 0 Å². The maximum atomic E-state index is 14.6. The summed E-state index contributed by atoms with van der Waals surface area (Å²) in [6.45, 7) is 1.70. The molecule has 0 bridgehead atoms. The minimum atomic E-state index is -0.737. The molecular formula is C17H16F2N4O4. The topological polar surface area (TPSA) is 80.4 Å². The Bertz CT molecular complexity index is 830. The standard InChI is InChI=1S/C17H16F2N4O4/c18-13-7-11(8-14(19)16(13)22-2-5-25-6-3-22)23-10-12(27-17(23)24)9-20-15-1-4-26-21-15/h1,4,7-9,12H,2-3,5-6,10H2/t12-/m0/s1. The van der Waals surface area contributed by atoms with Gasteiger partial charge in [-0.15, -0.1) is 0 Å². The molecule has 0 saturated carbocycles. The quantitative estimate of drug-likeness (QED) is 0.761. The fourth-order valence-electron chi connectivity index (χ4n) is 3.00. The number of amides is 1. The van der Waals surface area contributed by atoms with Gasteiger partial charge in [0.05, 0.1) is 25.4 Å². The maximum absolute atomic E-state index is 14.6. The fourth-order valence-corrected chi connectivity index (χ4v) is 3.00. The van der Waals surface area contributed by atoms with Crippen molar-refractivity contribution in [3.63, 3.8) is 0 Å². The van der Waals surface area contributed by atoms with Gasteiger partial charge in [-0.25, -0.2) is 18.6 Å². The first-order valence-corrected chi connectivity index (χ1v) is 8.36. The second kappa shape index (κ2) is 7.31. The van der Waals surface area contributed by atoms with E-state index in [9.17, 15) is 13.6 Å². The molecule has 0 unspecified atom stereocenters. The van der Waals surface area contributed by atoms with Gasteiger partial charge >= 0.3 is 6.09 Å². The van der Waals surface area contributed by atoms with E-state index < -0.39 is 23.8 Å². The van der Waals surface area contributed by atoms with Crippen LogP contribution in [0.4, 0.5) is 30.8 Å². The molecule has 2 aromatic rings. The average Bonchev–Trinajstić information content (AvgIpc) is 3.29. The van der Waals surface area contributed by atoms with Gasteiger partial charge in [-0.1, -0.05) is 5.16 Å². The number of morpholine rings is 1. The van der Waals surface area contributed by atoms with Crippen LogP contribution in [0.3, 0.4) is 0 Å². The van der Waals surface area contributed by atoms with Gasteiger partial charge in [-0.2, -0.15) is 0 Å². The lowest BCUT2D eigenvalue weighted by atomic mass is 10.2. The zero-order valence-corrected chi connectivity index (χ0v) is 14.2. The van der Waals surface area contributed by atoms with Gasteiger partial charge in [0.15, 0.2) is 23.6 Å². The lowest BCUT2D eigenvalue weighted by molar-refractivity contribution is 0.122. The molecule has 3 heterocycles. The molecule has 0 radical (unpaired) electrons. The number of carbonyl (C=O) groups is 1. The molecule has 2 fully saturated rings. The van der Waals surface area contributed by atoms with Crippen LogP contribution in [0.15, 0.2) is 34.0 Å². The Labute approximate surface area is 152 Å². The highest BCUT2D eigenvalue weighted by Crippen LogP contribution is 2.31. The summed E-state index contributed by atoms with van der Waals surface area (Å²) in [5.41, 5.74) is -0.0249. The summed E-state index contributed by atoms with van der Waals surface area (Å²) < 4.78 is 44.1. The van der Waals surface area contributed by atoms with E-state index in [1.54, 1.807) is 11.0 Å². The molecule has 1 atom stereocenters. The van der Waals surface area contributed by atoms with E-state index in [1.807, 2.05) is 0 Å². The zero-order chi connectivity index (χ0) is 18.8. The number of aromatic nitrogens is 1. The monoisotopic (exact) mass is 378 g/mol. The van der Waals surface area contributed by atoms with Crippen molar-refractivity contribution in [3.05, 3.63) is 36.1 Å². The van der Waals surface area contributed by atoms with Crippen LogP contribution in [0.25, 0.3) is 0 Å². The van der Waals surface area contributed by atoms with E-state index in [1.165, 1.54) is 12.5 Å². The Morgan fingerprint density at radius 2 is 1.96 bits per heavy atom. The molecule has 2 saturated heterocycles. The van der Waals surface area contributed by atoms with Gasteiger partial charge in [0.2, 0.25) is 0 Å². The van der Waals surface area contributed by atoms with Gasteiger partial charge in [0.1, 0.15) is 12.0 Å². The first-order valence-electron chi connectivity index (χ1n) is 8.36. The number of benzene rings is 1. The number of aliphatic imine (C=N–C) groups is 1. The predicted molar refractivity (Wildman–Crippen MR) is 91.7 cm³/mol. The molecule has 1 aromatic carbocycles. The first kappa shape index (κ1) is 17.4. The predicted octanol–water partition coefficient (Wildman–Crippen LogP) is 2.52. The molecule has 0 spiro atoms. The third-order valence-corrected chi connectivity index (χ3v) is 4.27. The van der Waals surface area contributed by atoms with Crippen LogP contribution < -0.4 is 9.80 Å². The zero-order valence-electron chi connectivity index (χ0n) is 14.2. The second-order valence-electron chi connectivity index (χ2n) is 6.03. The molecule has 4 rings (SSSR count). The van der Waals surface area contributed by atoms with E-state index in [2.05, 4.69) is 14.7 Å². The Morgan fingerprint density at radius 3 is 2.63 bits per heavy atom. The van der Waals surface area contributed by atoms with Crippen LogP contribution >= 0.6 is 0 Å². The molecule has 2 aliphatic heterocycles. The molecule has 0 N–H and O–H groups in total. The summed E-state index contributed by atoms with van der Waals surface area (Å²) in [5, 5.41) is 3.61. The minimum absolute atomic E-state index is 0.0793. The third kappa shape index (κ3) is 3.61. The summed E-state index contributed by atoms with van der Waals surface area (Å²) in [4.78, 5) is 18.9. The van der Waals surface area contributed by atoms with Gasteiger partial charge in [-0.3, -0.25) is 4.90 Å². The smallest absolute Gasteiger partial charge is 0.415 e. The Morgan fingerprint density at radius 1 is 1.22 bits per heavy atom. The first-order chi connectivity index (χ1) is 13.1. The van der Waals surface area contributed by atoms with E-state index in [0.717, 1.165) is 17.0 Å². The lowest BCUT2D eigenvalue weighted by Gasteiger charge is -2.29. The van der Waals surface area contributed by atoms with E-state index in [0.29, 0.717) is 32.1 Å². The number of cyclic esters (lactones) is 1. The Kier molecular flexibility index (Phi) is 4.71. The van der Waals surface area contributed by atoms with Crippen LogP contribution in [-0.4, -0.2) is 56.4 Å². The molecule has 1 amide bonds. The van der Waals surface area contributed by atoms with Gasteiger partial charge in [-0.05, 0) is 0 Å². The van der Waals surface area contributed by atoms with Crippen LogP contribution in [0.1, 0.15) is 0 Å². The lowest BCUT2D eigenvalue weighted by Crippen LogP contribution is -2.37. The van der Waals surface area contributed by atoms with Crippen molar-refractivity contribution < 1.29 is 27.6 Å². The number of ether oxygens (including phenoxy) is 2. The minimum Gasteiger partial charge on any atom is -0.438 e. The SMILES string of the molecule is O=C1O[C@@H](C=Nc2ccon2)CN1c1cc(F)c(N2CCOCC2)c(F)c1. The van der Waals surface area contributed by atoms with Crippen molar-refractivity contribution in [3.8, 4) is 0 Å². The highest BCUT2D eigenvalue weighted by molar-refractivity contribution is 5.93. The van der Waals surface area contributed by atoms with Gasteiger partial charge in [0, 0.05) is 37.5 Å². The normalized spacial score (nSPS) is 20.5. The average molecular weight is 378 g/mol. The van der Waals surface area contributed by atoms with Crippen LogP contribution in [-0.2, 0) is 9.47 Å². The number of rotatable bonds is 4. The highest BCUT2D eigenvalue weighted by Gasteiger charge is 2.33. The molecule has 8 nitrogen and oxygen atoms in total. The molecule has 0 aliphatic carbocycles. The largest absolute Gasteiger partial charge is 0.438 e. The second-order valence-corrected chi connectivity index (χ2v) is 6.03. The number of hydrogen-bond acceptors (Lipinski definition) is 7. The number of halogens is 2. The van der Waals surface area contributed by atoms with Gasteiger partial charge in [0.25, 0.3) is 0 Å². The fraction of sp³-hybridized carbons (Fsp3) is 0.353. The number of hydrogen-bond donors (Lipinski definition) is 0. The molecule has 2 aliphatic rings. The van der Waals surface area contributed by atoms with E-state index in [4.69, 9.17) is 9.47 Å². The van der Waals surface area contributed by atoms with Crippen molar-refractivity contribution >= 4 is 29.5 Å². The maximum Gasteiger partial charge on any atom is 0.415 e. The number of nitrogens with zero attached hydrogens (tertiary/aromatic N) is 4. The number of carbonyl (C=O) groups excluding carboxylic acids is 1. The molecule has 27 heavy (non-hydrogen) atoms. The van der Waals surface area contributed by atoms with E-state index >= 15 is 0 Å². The molecule has 142 valence electrons. The Balaban J connectivity index is 1.52. The van der Waals surface area contributed by atoms with Crippen molar-refractivity contribution in [2.75, 3.05) is 42.6 Å². The van der Waals surface area contributed by atoms with Crippen molar-refractivity contribution in [2.45, 2.75) is 6.10 Å². The van der Waals surface area contributed by atoms with Crippen LogP contribution in [0.2, 0.25) is 0 Å². The van der Waals surface area contributed by atoms with Gasteiger partial charge < -0.3 is 18.9 Å². The van der Waals surface area contributed by atoms with Crippen LogP contribution in [0.5, 0.6) is 0 Å². The Hall–Kier alpha value is -3.01. The number of anilines is 2. The molecule has 1 aromatic heterocycles. The van der Waals surface area contributed by atoms with Crippen molar-refractivity contribution in [1.82, 2.24) is 5.16 Å². The highest BCUT2D eigenvalue weighted by atomic mass is 19.1. The summed E-state index contributed by atoms with van der Waals surface area (Å²) in [6.07, 6.45) is 1.38. The summed E-state index contributed by atoms with van der Waals surface area (Å²) in [7, 11) is 0.